The molecular formula is C20H17Cl2NO3. The van der Waals surface area contributed by atoms with Crippen LogP contribution in [0.1, 0.15) is 22.3 Å². The highest BCUT2D eigenvalue weighted by Gasteiger charge is 2.20. The quantitative estimate of drug-likeness (QED) is 0.724. The molecule has 0 fully saturated rings. The van der Waals surface area contributed by atoms with Crippen LogP contribution in [-0.4, -0.2) is 36.5 Å². The molecule has 1 heterocycles. The zero-order valence-corrected chi connectivity index (χ0v) is 15.5. The lowest BCUT2D eigenvalue weighted by Gasteiger charge is -2.26. The standard InChI is InChI=1S/C20H17Cl2NO3/c21-16-6-7-17(18(22)12-16)20(25)26-13-19(24)23-10-8-15(9-11-23)14-4-2-1-3-5-14/h1-8,12H,9-11,13H2. The van der Waals surface area contributed by atoms with Gasteiger partial charge in [0.2, 0.25) is 0 Å². The average Bonchev–Trinajstić information content (AvgIpc) is 2.66. The predicted molar refractivity (Wildman–Crippen MR) is 102 cm³/mol. The van der Waals surface area contributed by atoms with Crippen LogP contribution in [0.5, 0.6) is 0 Å². The maximum absolute atomic E-state index is 12.3. The van der Waals surface area contributed by atoms with E-state index in [0.29, 0.717) is 18.1 Å². The first kappa shape index (κ1) is 18.5. The van der Waals surface area contributed by atoms with Gasteiger partial charge in [-0.1, -0.05) is 59.6 Å². The number of carbonyl (C=O) groups is 2. The highest BCUT2D eigenvalue weighted by Crippen LogP contribution is 2.23. The van der Waals surface area contributed by atoms with Crippen molar-refractivity contribution in [3.63, 3.8) is 0 Å². The van der Waals surface area contributed by atoms with E-state index in [1.165, 1.54) is 23.3 Å². The molecular weight excluding hydrogens is 373 g/mol. The van der Waals surface area contributed by atoms with E-state index in [0.717, 1.165) is 6.42 Å². The van der Waals surface area contributed by atoms with Crippen LogP contribution in [0.15, 0.2) is 54.6 Å². The Hall–Kier alpha value is -2.30. The third-order valence-corrected chi connectivity index (χ3v) is 4.73. The third kappa shape index (κ3) is 4.45. The SMILES string of the molecule is O=C(OCC(=O)N1CC=C(c2ccccc2)CC1)c1ccc(Cl)cc1Cl. The normalized spacial score (nSPS) is 13.9. The summed E-state index contributed by atoms with van der Waals surface area (Å²) in [6.45, 7) is 0.785. The van der Waals surface area contributed by atoms with Crippen molar-refractivity contribution >= 4 is 40.7 Å². The molecule has 0 atom stereocenters. The van der Waals surface area contributed by atoms with E-state index < -0.39 is 5.97 Å². The molecule has 0 saturated heterocycles. The minimum atomic E-state index is -0.641. The van der Waals surface area contributed by atoms with Crippen molar-refractivity contribution in [2.45, 2.75) is 6.42 Å². The summed E-state index contributed by atoms with van der Waals surface area (Å²) < 4.78 is 5.10. The van der Waals surface area contributed by atoms with Crippen LogP contribution in [0.3, 0.4) is 0 Å². The maximum Gasteiger partial charge on any atom is 0.340 e. The van der Waals surface area contributed by atoms with E-state index in [-0.39, 0.29) is 23.1 Å². The Bertz CT molecular complexity index is 849. The summed E-state index contributed by atoms with van der Waals surface area (Å²) in [5, 5.41) is 0.625. The van der Waals surface area contributed by atoms with E-state index >= 15 is 0 Å². The van der Waals surface area contributed by atoms with Crippen LogP contribution < -0.4 is 0 Å². The fourth-order valence-corrected chi connectivity index (χ4v) is 3.25. The largest absolute Gasteiger partial charge is 0.452 e. The van der Waals surface area contributed by atoms with Gasteiger partial charge in [-0.05, 0) is 35.8 Å². The topological polar surface area (TPSA) is 46.6 Å². The molecule has 0 aliphatic carbocycles. The van der Waals surface area contributed by atoms with Gasteiger partial charge in [0.05, 0.1) is 10.6 Å². The summed E-state index contributed by atoms with van der Waals surface area (Å²) in [4.78, 5) is 26.0. The summed E-state index contributed by atoms with van der Waals surface area (Å²) in [7, 11) is 0. The number of amides is 1. The molecule has 2 aromatic rings. The van der Waals surface area contributed by atoms with Gasteiger partial charge < -0.3 is 9.64 Å². The van der Waals surface area contributed by atoms with Gasteiger partial charge in [0.1, 0.15) is 0 Å². The van der Waals surface area contributed by atoms with Crippen LogP contribution in [0.2, 0.25) is 10.0 Å². The monoisotopic (exact) mass is 389 g/mol. The van der Waals surface area contributed by atoms with Crippen molar-refractivity contribution in [2.24, 2.45) is 0 Å². The van der Waals surface area contributed by atoms with E-state index in [2.05, 4.69) is 12.1 Å². The maximum atomic E-state index is 12.3. The molecule has 1 aliphatic rings. The number of rotatable bonds is 4. The molecule has 0 saturated carbocycles. The van der Waals surface area contributed by atoms with Gasteiger partial charge in [0.25, 0.3) is 5.91 Å². The van der Waals surface area contributed by atoms with Crippen LogP contribution >= 0.6 is 23.2 Å². The molecule has 0 bridgehead atoms. The number of carbonyl (C=O) groups excluding carboxylic acids is 2. The second-order valence-electron chi connectivity index (χ2n) is 5.89. The van der Waals surface area contributed by atoms with Crippen molar-refractivity contribution in [3.05, 3.63) is 75.8 Å². The number of hydrogen-bond acceptors (Lipinski definition) is 3. The molecule has 134 valence electrons. The Labute approximate surface area is 162 Å². The lowest BCUT2D eigenvalue weighted by atomic mass is 10.00. The fourth-order valence-electron chi connectivity index (χ4n) is 2.76. The highest BCUT2D eigenvalue weighted by molar-refractivity contribution is 6.36. The number of ether oxygens (including phenoxy) is 1. The average molecular weight is 390 g/mol. The molecule has 4 nitrogen and oxygen atoms in total. The Kier molecular flexibility index (Phi) is 5.96. The van der Waals surface area contributed by atoms with Crippen LogP contribution in [0.25, 0.3) is 5.57 Å². The molecule has 26 heavy (non-hydrogen) atoms. The predicted octanol–water partition coefficient (Wildman–Crippen LogP) is 4.47. The lowest BCUT2D eigenvalue weighted by Crippen LogP contribution is -2.37. The van der Waals surface area contributed by atoms with Crippen molar-refractivity contribution in [1.29, 1.82) is 0 Å². The number of hydrogen-bond donors (Lipinski definition) is 0. The minimum Gasteiger partial charge on any atom is -0.452 e. The first-order chi connectivity index (χ1) is 12.5. The van der Waals surface area contributed by atoms with E-state index in [4.69, 9.17) is 27.9 Å². The van der Waals surface area contributed by atoms with Crippen LogP contribution in [0.4, 0.5) is 0 Å². The Morgan fingerprint density at radius 2 is 1.85 bits per heavy atom. The van der Waals surface area contributed by atoms with Gasteiger partial charge in [-0.2, -0.15) is 0 Å². The van der Waals surface area contributed by atoms with E-state index in [9.17, 15) is 9.59 Å². The van der Waals surface area contributed by atoms with E-state index in [1.807, 2.05) is 24.3 Å². The zero-order valence-electron chi connectivity index (χ0n) is 14.0. The molecule has 0 N–H and O–H groups in total. The van der Waals surface area contributed by atoms with Crippen LogP contribution in [-0.2, 0) is 9.53 Å². The van der Waals surface area contributed by atoms with Crippen molar-refractivity contribution in [2.75, 3.05) is 19.7 Å². The molecule has 1 aliphatic heterocycles. The molecule has 0 radical (unpaired) electrons. The zero-order chi connectivity index (χ0) is 18.5. The molecule has 0 aromatic heterocycles. The molecule has 3 rings (SSSR count). The first-order valence-electron chi connectivity index (χ1n) is 8.19. The van der Waals surface area contributed by atoms with Crippen molar-refractivity contribution < 1.29 is 14.3 Å². The highest BCUT2D eigenvalue weighted by atomic mass is 35.5. The van der Waals surface area contributed by atoms with Crippen LogP contribution in [0, 0.1) is 0 Å². The summed E-state index contributed by atoms with van der Waals surface area (Å²) in [6.07, 6.45) is 2.81. The van der Waals surface area contributed by atoms with Crippen molar-refractivity contribution in [3.8, 4) is 0 Å². The third-order valence-electron chi connectivity index (χ3n) is 4.18. The molecule has 6 heteroatoms. The second kappa shape index (κ2) is 8.39. The number of benzene rings is 2. The Morgan fingerprint density at radius 3 is 2.50 bits per heavy atom. The Balaban J connectivity index is 1.54. The first-order valence-corrected chi connectivity index (χ1v) is 8.94. The van der Waals surface area contributed by atoms with Gasteiger partial charge in [-0.25, -0.2) is 4.79 Å². The van der Waals surface area contributed by atoms with Gasteiger partial charge in [0, 0.05) is 18.1 Å². The Morgan fingerprint density at radius 1 is 1.08 bits per heavy atom. The summed E-state index contributed by atoms with van der Waals surface area (Å²) in [5.74, 6) is -0.871. The second-order valence-corrected chi connectivity index (χ2v) is 6.73. The van der Waals surface area contributed by atoms with Crippen molar-refractivity contribution in [1.82, 2.24) is 4.90 Å². The van der Waals surface area contributed by atoms with Gasteiger partial charge in [-0.15, -0.1) is 0 Å². The summed E-state index contributed by atoms with van der Waals surface area (Å²) in [5.41, 5.74) is 2.58. The fraction of sp³-hybridized carbons (Fsp3) is 0.200. The summed E-state index contributed by atoms with van der Waals surface area (Å²) in [6, 6.07) is 14.6. The smallest absolute Gasteiger partial charge is 0.340 e. The van der Waals surface area contributed by atoms with Gasteiger partial charge in [0.15, 0.2) is 6.61 Å². The molecule has 0 spiro atoms. The van der Waals surface area contributed by atoms with Gasteiger partial charge >= 0.3 is 5.97 Å². The summed E-state index contributed by atoms with van der Waals surface area (Å²) >= 11 is 11.8. The molecule has 1 amide bonds. The minimum absolute atomic E-state index is 0.189. The van der Waals surface area contributed by atoms with E-state index in [1.54, 1.807) is 11.0 Å². The molecule has 0 unspecified atom stereocenters. The molecule has 2 aromatic carbocycles. The number of esters is 1. The number of nitrogens with zero attached hydrogens (tertiary/aromatic N) is 1. The van der Waals surface area contributed by atoms with Gasteiger partial charge in [-0.3, -0.25) is 4.79 Å². The number of halogens is 2. The lowest BCUT2D eigenvalue weighted by molar-refractivity contribution is -0.134.